The molecule has 2 N–H and O–H groups in total. The minimum atomic E-state index is -0.887. The van der Waals surface area contributed by atoms with Gasteiger partial charge in [-0.2, -0.15) is 0 Å². The third-order valence-corrected chi connectivity index (χ3v) is 3.55. The van der Waals surface area contributed by atoms with Gasteiger partial charge >= 0.3 is 5.97 Å². The van der Waals surface area contributed by atoms with Crippen LogP contribution in [-0.4, -0.2) is 71.2 Å². The molecule has 0 aromatic rings. The number of carbonyl (C=O) groups is 2. The highest BCUT2D eigenvalue weighted by Gasteiger charge is 2.22. The third kappa shape index (κ3) is 6.02. The molecule has 0 aromatic carbocycles. The zero-order valence-corrected chi connectivity index (χ0v) is 11.5. The molecule has 19 heavy (non-hydrogen) atoms. The van der Waals surface area contributed by atoms with E-state index >= 15 is 0 Å². The normalized spacial score (nSPS) is 16.9. The Morgan fingerprint density at radius 1 is 1.26 bits per heavy atom. The molecule has 0 bridgehead atoms. The number of aliphatic hydroxyl groups excluding tert-OH is 1. The van der Waals surface area contributed by atoms with Crippen LogP contribution in [0.15, 0.2) is 0 Å². The van der Waals surface area contributed by atoms with Crippen LogP contribution in [0.5, 0.6) is 0 Å². The van der Waals surface area contributed by atoms with E-state index in [0.29, 0.717) is 19.0 Å². The highest BCUT2D eigenvalue weighted by atomic mass is 16.4. The van der Waals surface area contributed by atoms with Crippen molar-refractivity contribution < 1.29 is 19.8 Å². The number of nitrogens with zero attached hydrogens (tertiary/aromatic N) is 2. The van der Waals surface area contributed by atoms with E-state index in [1.165, 1.54) is 0 Å². The van der Waals surface area contributed by atoms with Gasteiger partial charge < -0.3 is 15.1 Å². The fourth-order valence-corrected chi connectivity index (χ4v) is 2.21. The number of carboxylic acids is 1. The number of carboxylic acid groups (broad SMARTS) is 1. The number of piperidine rings is 1. The molecule has 0 atom stereocenters. The van der Waals surface area contributed by atoms with Gasteiger partial charge in [0.05, 0.1) is 19.6 Å². The van der Waals surface area contributed by atoms with Crippen molar-refractivity contribution in [3.05, 3.63) is 0 Å². The predicted octanol–water partition coefficient (Wildman–Crippen LogP) is 0.0139. The molecule has 0 spiro atoms. The van der Waals surface area contributed by atoms with E-state index in [1.54, 1.807) is 4.90 Å². The van der Waals surface area contributed by atoms with E-state index < -0.39 is 5.97 Å². The molecular formula is C13H24N2O4. The molecule has 0 aliphatic carbocycles. The zero-order chi connectivity index (χ0) is 14.3. The average Bonchev–Trinajstić information content (AvgIpc) is 2.37. The Bertz CT molecular complexity index is 301. The molecule has 1 rings (SSSR count). The van der Waals surface area contributed by atoms with Crippen LogP contribution in [0.1, 0.15) is 26.2 Å². The molecule has 1 fully saturated rings. The summed E-state index contributed by atoms with van der Waals surface area (Å²) < 4.78 is 0. The monoisotopic (exact) mass is 272 g/mol. The highest BCUT2D eigenvalue weighted by Crippen LogP contribution is 2.16. The topological polar surface area (TPSA) is 81.1 Å². The fourth-order valence-electron chi connectivity index (χ4n) is 2.21. The molecule has 1 heterocycles. The molecule has 6 nitrogen and oxygen atoms in total. The number of rotatable bonds is 7. The van der Waals surface area contributed by atoms with Crippen molar-refractivity contribution in [2.24, 2.45) is 5.92 Å². The van der Waals surface area contributed by atoms with Crippen LogP contribution < -0.4 is 0 Å². The number of amides is 1. The van der Waals surface area contributed by atoms with Gasteiger partial charge in [0.2, 0.25) is 5.91 Å². The first-order valence-electron chi connectivity index (χ1n) is 6.85. The lowest BCUT2D eigenvalue weighted by molar-refractivity contribution is -0.139. The van der Waals surface area contributed by atoms with Crippen LogP contribution in [0.4, 0.5) is 0 Å². The van der Waals surface area contributed by atoms with Crippen molar-refractivity contribution in [2.45, 2.75) is 26.2 Å². The highest BCUT2D eigenvalue weighted by molar-refractivity contribution is 5.78. The summed E-state index contributed by atoms with van der Waals surface area (Å²) in [7, 11) is 0. The second-order valence-electron chi connectivity index (χ2n) is 5.21. The average molecular weight is 272 g/mol. The van der Waals surface area contributed by atoms with E-state index in [9.17, 15) is 9.59 Å². The second-order valence-corrected chi connectivity index (χ2v) is 5.21. The SMILES string of the molecule is CC1CCN(C(=O)CN(CCO)CCC(=O)O)CC1. The van der Waals surface area contributed by atoms with Crippen molar-refractivity contribution in [1.29, 1.82) is 0 Å². The lowest BCUT2D eigenvalue weighted by Crippen LogP contribution is -2.45. The zero-order valence-electron chi connectivity index (χ0n) is 11.5. The second kappa shape index (κ2) is 8.12. The van der Waals surface area contributed by atoms with Gasteiger partial charge in [-0.3, -0.25) is 14.5 Å². The van der Waals surface area contributed by atoms with Gasteiger partial charge in [-0.15, -0.1) is 0 Å². The maximum absolute atomic E-state index is 12.1. The van der Waals surface area contributed by atoms with Gasteiger partial charge in [-0.25, -0.2) is 0 Å². The number of hydrogen-bond acceptors (Lipinski definition) is 4. The van der Waals surface area contributed by atoms with Crippen LogP contribution >= 0.6 is 0 Å². The summed E-state index contributed by atoms with van der Waals surface area (Å²) in [6, 6.07) is 0. The molecule has 1 aliphatic rings. The summed E-state index contributed by atoms with van der Waals surface area (Å²) in [6.07, 6.45) is 2.05. The summed E-state index contributed by atoms with van der Waals surface area (Å²) in [4.78, 5) is 26.2. The Morgan fingerprint density at radius 2 is 1.89 bits per heavy atom. The first-order chi connectivity index (χ1) is 9.02. The first-order valence-corrected chi connectivity index (χ1v) is 6.85. The minimum absolute atomic E-state index is 0.00961. The molecule has 0 radical (unpaired) electrons. The summed E-state index contributed by atoms with van der Waals surface area (Å²) in [6.45, 7) is 4.52. The van der Waals surface area contributed by atoms with Gasteiger partial charge in [0.25, 0.3) is 0 Å². The van der Waals surface area contributed by atoms with Gasteiger partial charge in [0.15, 0.2) is 0 Å². The Labute approximate surface area is 114 Å². The molecule has 6 heteroatoms. The Balaban J connectivity index is 2.39. The smallest absolute Gasteiger partial charge is 0.304 e. The molecule has 110 valence electrons. The van der Waals surface area contributed by atoms with Gasteiger partial charge in [-0.05, 0) is 18.8 Å². The van der Waals surface area contributed by atoms with Crippen LogP contribution in [0, 0.1) is 5.92 Å². The Morgan fingerprint density at radius 3 is 2.42 bits per heavy atom. The van der Waals surface area contributed by atoms with Crippen molar-refractivity contribution in [1.82, 2.24) is 9.80 Å². The molecule has 1 aliphatic heterocycles. The summed E-state index contributed by atoms with van der Waals surface area (Å²) in [5.41, 5.74) is 0. The van der Waals surface area contributed by atoms with Crippen molar-refractivity contribution in [3.63, 3.8) is 0 Å². The van der Waals surface area contributed by atoms with Crippen molar-refractivity contribution in [2.75, 3.05) is 39.3 Å². The lowest BCUT2D eigenvalue weighted by atomic mass is 9.99. The maximum atomic E-state index is 12.1. The van der Waals surface area contributed by atoms with Crippen LogP contribution in [0.3, 0.4) is 0 Å². The molecular weight excluding hydrogens is 248 g/mol. The first kappa shape index (κ1) is 15.9. The number of aliphatic carboxylic acids is 1. The van der Waals surface area contributed by atoms with E-state index in [-0.39, 0.29) is 25.5 Å². The minimum Gasteiger partial charge on any atom is -0.481 e. The van der Waals surface area contributed by atoms with Crippen molar-refractivity contribution in [3.8, 4) is 0 Å². The van der Waals surface area contributed by atoms with Crippen LogP contribution in [0.2, 0.25) is 0 Å². The molecule has 0 aromatic heterocycles. The summed E-state index contributed by atoms with van der Waals surface area (Å²) >= 11 is 0. The standard InChI is InChI=1S/C13H24N2O4/c1-11-2-6-15(7-3-11)12(17)10-14(8-9-16)5-4-13(18)19/h11,16H,2-10H2,1H3,(H,18,19). The van der Waals surface area contributed by atoms with E-state index in [4.69, 9.17) is 10.2 Å². The van der Waals surface area contributed by atoms with E-state index in [1.807, 2.05) is 4.90 Å². The van der Waals surface area contributed by atoms with Gasteiger partial charge in [-0.1, -0.05) is 6.92 Å². The third-order valence-electron chi connectivity index (χ3n) is 3.55. The van der Waals surface area contributed by atoms with Crippen LogP contribution in [0.25, 0.3) is 0 Å². The van der Waals surface area contributed by atoms with E-state index in [2.05, 4.69) is 6.92 Å². The molecule has 0 unspecified atom stereocenters. The number of aliphatic hydroxyl groups is 1. The van der Waals surface area contributed by atoms with Gasteiger partial charge in [0, 0.05) is 26.2 Å². The number of hydrogen-bond donors (Lipinski definition) is 2. The predicted molar refractivity (Wildman–Crippen MR) is 70.8 cm³/mol. The number of carbonyl (C=O) groups excluding carboxylic acids is 1. The Kier molecular flexibility index (Phi) is 6.80. The largest absolute Gasteiger partial charge is 0.481 e. The summed E-state index contributed by atoms with van der Waals surface area (Å²) in [5, 5.41) is 17.6. The molecule has 1 amide bonds. The van der Waals surface area contributed by atoms with E-state index in [0.717, 1.165) is 25.9 Å². The molecule has 1 saturated heterocycles. The maximum Gasteiger partial charge on any atom is 0.304 e. The summed E-state index contributed by atoms with van der Waals surface area (Å²) in [5.74, 6) is -0.183. The van der Waals surface area contributed by atoms with Gasteiger partial charge in [0.1, 0.15) is 0 Å². The fraction of sp³-hybridized carbons (Fsp3) is 0.846. The van der Waals surface area contributed by atoms with Crippen LogP contribution in [-0.2, 0) is 9.59 Å². The van der Waals surface area contributed by atoms with Crippen molar-refractivity contribution >= 4 is 11.9 Å². The molecule has 0 saturated carbocycles. The Hall–Kier alpha value is -1.14. The number of likely N-dealkylation sites (tertiary alicyclic amines) is 1. The lowest BCUT2D eigenvalue weighted by Gasteiger charge is -2.32. The quantitative estimate of drug-likeness (QED) is 0.682.